The second kappa shape index (κ2) is 8.06. The summed E-state index contributed by atoms with van der Waals surface area (Å²) >= 11 is 0. The summed E-state index contributed by atoms with van der Waals surface area (Å²) in [7, 11) is 1.81. The number of aromatic amines is 1. The molecule has 1 fully saturated rings. The largest absolute Gasteiger partial charge is 0.372 e. The number of hydrogen-bond acceptors (Lipinski definition) is 7. The topological polar surface area (TPSA) is 105 Å². The molecule has 0 radical (unpaired) electrons. The predicted octanol–water partition coefficient (Wildman–Crippen LogP) is 3.67. The Hall–Kier alpha value is -3.34. The number of hydrogen-bond donors (Lipinski definition) is 3. The molecule has 4 aromatic heterocycles. The first-order chi connectivity index (χ1) is 15.1. The van der Waals surface area contributed by atoms with Crippen LogP contribution in [0.25, 0.3) is 27.9 Å². The maximum atomic E-state index is 12.4. The van der Waals surface area contributed by atoms with Gasteiger partial charge in [0.05, 0.1) is 23.4 Å². The van der Waals surface area contributed by atoms with Crippen LogP contribution in [0.4, 0.5) is 20.5 Å². The number of rotatable bonds is 6. The zero-order valence-corrected chi connectivity index (χ0v) is 16.8. The fraction of sp³-hybridized carbons (Fsp3) is 0.400. The highest BCUT2D eigenvalue weighted by atomic mass is 19.3. The van der Waals surface area contributed by atoms with Gasteiger partial charge in [0, 0.05) is 37.1 Å². The number of H-pyrrole nitrogens is 1. The van der Waals surface area contributed by atoms with Gasteiger partial charge >= 0.3 is 6.61 Å². The Kier molecular flexibility index (Phi) is 5.10. The van der Waals surface area contributed by atoms with Gasteiger partial charge in [0.2, 0.25) is 5.95 Å². The lowest BCUT2D eigenvalue weighted by Gasteiger charge is -2.28. The third kappa shape index (κ3) is 3.88. The number of nitrogens with one attached hydrogen (secondary N) is 3. The zero-order valence-electron chi connectivity index (χ0n) is 16.8. The van der Waals surface area contributed by atoms with Crippen molar-refractivity contribution in [3.63, 3.8) is 0 Å². The van der Waals surface area contributed by atoms with Crippen molar-refractivity contribution in [1.29, 1.82) is 0 Å². The van der Waals surface area contributed by atoms with E-state index in [1.165, 1.54) is 0 Å². The summed E-state index contributed by atoms with van der Waals surface area (Å²) in [6.07, 6.45) is 7.65. The SMILES string of the molecule is CNc1nc(NC2CCC(OC(F)F)CC2)nc2[nH]cc(-c3ccn4nccc4n3)c12. The fourth-order valence-electron chi connectivity index (χ4n) is 4.11. The van der Waals surface area contributed by atoms with Crippen LogP contribution in [-0.2, 0) is 4.74 Å². The summed E-state index contributed by atoms with van der Waals surface area (Å²) in [6.45, 7) is -2.72. The van der Waals surface area contributed by atoms with Gasteiger partial charge in [-0.05, 0) is 31.7 Å². The summed E-state index contributed by atoms with van der Waals surface area (Å²) < 4.78 is 31.1. The second-order valence-corrected chi connectivity index (χ2v) is 7.53. The van der Waals surface area contributed by atoms with Crippen molar-refractivity contribution in [2.75, 3.05) is 17.7 Å². The molecule has 0 saturated heterocycles. The Labute approximate surface area is 176 Å². The molecule has 9 nitrogen and oxygen atoms in total. The number of aromatic nitrogens is 6. The van der Waals surface area contributed by atoms with Crippen molar-refractivity contribution in [2.24, 2.45) is 0 Å². The third-order valence-corrected chi connectivity index (χ3v) is 5.61. The van der Waals surface area contributed by atoms with Gasteiger partial charge in [0.1, 0.15) is 11.5 Å². The normalized spacial score (nSPS) is 19.4. The lowest BCUT2D eigenvalue weighted by Crippen LogP contribution is -2.31. The van der Waals surface area contributed by atoms with E-state index in [1.54, 1.807) is 10.7 Å². The summed E-state index contributed by atoms with van der Waals surface area (Å²) in [6, 6.07) is 3.85. The highest BCUT2D eigenvalue weighted by Crippen LogP contribution is 2.33. The monoisotopic (exact) mass is 428 g/mol. The molecule has 162 valence electrons. The molecule has 5 rings (SSSR count). The maximum absolute atomic E-state index is 12.4. The molecule has 0 aliphatic heterocycles. The summed E-state index contributed by atoms with van der Waals surface area (Å²) in [5.74, 6) is 1.16. The first kappa shape index (κ1) is 19.6. The van der Waals surface area contributed by atoms with Crippen molar-refractivity contribution in [3.8, 4) is 11.3 Å². The van der Waals surface area contributed by atoms with Crippen LogP contribution in [0.5, 0.6) is 0 Å². The smallest absolute Gasteiger partial charge is 0.345 e. The third-order valence-electron chi connectivity index (χ3n) is 5.61. The lowest BCUT2D eigenvalue weighted by molar-refractivity contribution is -0.169. The van der Waals surface area contributed by atoms with Crippen LogP contribution in [0.1, 0.15) is 25.7 Å². The Balaban J connectivity index is 1.39. The van der Waals surface area contributed by atoms with Crippen molar-refractivity contribution in [3.05, 3.63) is 30.7 Å². The van der Waals surface area contributed by atoms with E-state index in [0.29, 0.717) is 30.3 Å². The molecule has 0 atom stereocenters. The molecule has 0 bridgehead atoms. The van der Waals surface area contributed by atoms with Crippen molar-refractivity contribution < 1.29 is 13.5 Å². The molecule has 1 aliphatic carbocycles. The average molecular weight is 428 g/mol. The fourth-order valence-corrected chi connectivity index (χ4v) is 4.11. The van der Waals surface area contributed by atoms with Gasteiger partial charge < -0.3 is 20.4 Å². The van der Waals surface area contributed by atoms with E-state index >= 15 is 0 Å². The number of halogens is 2. The molecule has 0 spiro atoms. The number of alkyl halides is 2. The minimum absolute atomic E-state index is 0.111. The van der Waals surface area contributed by atoms with Crippen LogP contribution in [0.15, 0.2) is 30.7 Å². The van der Waals surface area contributed by atoms with Crippen LogP contribution in [0.3, 0.4) is 0 Å². The van der Waals surface area contributed by atoms with E-state index in [0.717, 1.165) is 35.1 Å². The molecule has 11 heteroatoms. The predicted molar refractivity (Wildman–Crippen MR) is 112 cm³/mol. The van der Waals surface area contributed by atoms with Gasteiger partial charge in [-0.1, -0.05) is 0 Å². The van der Waals surface area contributed by atoms with E-state index in [4.69, 9.17) is 0 Å². The van der Waals surface area contributed by atoms with Gasteiger partial charge in [0.15, 0.2) is 5.65 Å². The standard InChI is InChI=1S/C20H22F2N8O/c1-23-17-16-13(14-7-9-30-15(27-14)6-8-25-30)10-24-18(16)29-20(28-17)26-11-2-4-12(5-3-11)31-19(21)22/h6-12,19H,2-5H2,1H3,(H3,23,24,26,28,29). The van der Waals surface area contributed by atoms with E-state index < -0.39 is 6.61 Å². The summed E-state index contributed by atoms with van der Waals surface area (Å²) in [5, 5.41) is 11.5. The number of fused-ring (bicyclic) bond motifs is 2. The van der Waals surface area contributed by atoms with Crippen molar-refractivity contribution >= 4 is 28.4 Å². The molecule has 3 N–H and O–H groups in total. The van der Waals surface area contributed by atoms with Crippen LogP contribution < -0.4 is 10.6 Å². The summed E-state index contributed by atoms with van der Waals surface area (Å²) in [4.78, 5) is 17.1. The van der Waals surface area contributed by atoms with Crippen LogP contribution in [0, 0.1) is 0 Å². The van der Waals surface area contributed by atoms with Gasteiger partial charge in [-0.15, -0.1) is 0 Å². The highest BCUT2D eigenvalue weighted by molar-refractivity contribution is 6.00. The molecule has 0 unspecified atom stereocenters. The van der Waals surface area contributed by atoms with E-state index in [2.05, 4.69) is 40.4 Å². The van der Waals surface area contributed by atoms with E-state index in [-0.39, 0.29) is 12.1 Å². The quantitative estimate of drug-likeness (QED) is 0.430. The van der Waals surface area contributed by atoms with Crippen LogP contribution >= 0.6 is 0 Å². The first-order valence-electron chi connectivity index (χ1n) is 10.2. The molecule has 1 aliphatic rings. The molecule has 1 saturated carbocycles. The van der Waals surface area contributed by atoms with Crippen molar-refractivity contribution in [2.45, 2.75) is 44.4 Å². The highest BCUT2D eigenvalue weighted by Gasteiger charge is 2.25. The van der Waals surface area contributed by atoms with Gasteiger partial charge in [-0.2, -0.15) is 23.8 Å². The molecule has 31 heavy (non-hydrogen) atoms. The Morgan fingerprint density at radius 1 is 1.16 bits per heavy atom. The Bertz CT molecular complexity index is 1200. The molecule has 0 aromatic carbocycles. The number of nitrogens with zero attached hydrogens (tertiary/aromatic N) is 5. The average Bonchev–Trinajstić information content (AvgIpc) is 3.40. The van der Waals surface area contributed by atoms with Crippen LogP contribution in [-0.4, -0.2) is 55.4 Å². The molecule has 4 aromatic rings. The molecular formula is C20H22F2N8O. The Morgan fingerprint density at radius 2 is 2.00 bits per heavy atom. The molecule has 0 amide bonds. The van der Waals surface area contributed by atoms with E-state index in [1.807, 2.05) is 31.6 Å². The second-order valence-electron chi connectivity index (χ2n) is 7.53. The first-order valence-corrected chi connectivity index (χ1v) is 10.2. The maximum Gasteiger partial charge on any atom is 0.345 e. The van der Waals surface area contributed by atoms with Gasteiger partial charge in [-0.25, -0.2) is 9.50 Å². The van der Waals surface area contributed by atoms with E-state index in [9.17, 15) is 8.78 Å². The number of anilines is 2. The minimum atomic E-state index is -2.72. The summed E-state index contributed by atoms with van der Waals surface area (Å²) in [5.41, 5.74) is 3.11. The van der Waals surface area contributed by atoms with Gasteiger partial charge in [-0.3, -0.25) is 0 Å². The lowest BCUT2D eigenvalue weighted by atomic mass is 9.93. The van der Waals surface area contributed by atoms with Gasteiger partial charge in [0.25, 0.3) is 0 Å². The minimum Gasteiger partial charge on any atom is -0.372 e. The molecular weight excluding hydrogens is 406 g/mol. The Morgan fingerprint density at radius 3 is 2.77 bits per heavy atom. The number of ether oxygens (including phenoxy) is 1. The zero-order chi connectivity index (χ0) is 21.4. The van der Waals surface area contributed by atoms with Crippen LogP contribution in [0.2, 0.25) is 0 Å². The van der Waals surface area contributed by atoms with Crippen molar-refractivity contribution in [1.82, 2.24) is 29.5 Å². The molecule has 4 heterocycles.